The normalized spacial score (nSPS) is 10.1. The maximum Gasteiger partial charge on any atom is 0.224 e. The Bertz CT molecular complexity index is 528. The van der Waals surface area contributed by atoms with Gasteiger partial charge in [0.25, 0.3) is 0 Å². The number of hydrogen-bond donors (Lipinski definition) is 2. The maximum absolute atomic E-state index is 13.6. The first-order chi connectivity index (χ1) is 8.19. The van der Waals surface area contributed by atoms with Crippen molar-refractivity contribution in [2.24, 2.45) is 0 Å². The summed E-state index contributed by atoms with van der Waals surface area (Å²) in [5.41, 5.74) is 1.28. The topological polar surface area (TPSA) is 49.8 Å². The second-order valence-electron chi connectivity index (χ2n) is 3.62. The number of nitrogens with one attached hydrogen (secondary N) is 2. The Morgan fingerprint density at radius 2 is 2.06 bits per heavy atom. The highest BCUT2D eigenvalue weighted by atomic mass is 19.1. The number of rotatable bonds is 3. The second-order valence-corrected chi connectivity index (χ2v) is 3.62. The third kappa shape index (κ3) is 2.69. The lowest BCUT2D eigenvalue weighted by molar-refractivity contribution is 0.630. The molecule has 0 saturated carbocycles. The number of aryl methyl sites for hydroxylation is 1. The lowest BCUT2D eigenvalue weighted by atomic mass is 10.2. The Hall–Kier alpha value is -2.17. The Kier molecular flexibility index (Phi) is 3.18. The van der Waals surface area contributed by atoms with Gasteiger partial charge in [0.05, 0.1) is 5.69 Å². The number of benzene rings is 1. The molecule has 0 fully saturated rings. The summed E-state index contributed by atoms with van der Waals surface area (Å²) in [6, 6.07) is 6.68. The van der Waals surface area contributed by atoms with Crippen molar-refractivity contribution < 1.29 is 4.39 Å². The van der Waals surface area contributed by atoms with E-state index in [4.69, 9.17) is 0 Å². The van der Waals surface area contributed by atoms with E-state index in [1.165, 1.54) is 6.07 Å². The first-order valence-electron chi connectivity index (χ1n) is 5.23. The lowest BCUT2D eigenvalue weighted by Crippen LogP contribution is -2.01. The van der Waals surface area contributed by atoms with Crippen LogP contribution < -0.4 is 10.6 Å². The molecule has 1 heterocycles. The molecule has 0 unspecified atom stereocenters. The van der Waals surface area contributed by atoms with E-state index < -0.39 is 0 Å². The molecule has 0 radical (unpaired) electrons. The first kappa shape index (κ1) is 11.3. The van der Waals surface area contributed by atoms with E-state index in [9.17, 15) is 4.39 Å². The fourth-order valence-corrected chi connectivity index (χ4v) is 1.41. The average molecular weight is 232 g/mol. The van der Waals surface area contributed by atoms with Crippen LogP contribution in [-0.2, 0) is 0 Å². The summed E-state index contributed by atoms with van der Waals surface area (Å²) < 4.78 is 13.6. The number of anilines is 3. The molecule has 0 aliphatic heterocycles. The Labute approximate surface area is 98.9 Å². The minimum atomic E-state index is -0.297. The number of halogens is 1. The molecule has 0 saturated heterocycles. The fraction of sp³-hybridized carbons (Fsp3) is 0.167. The summed E-state index contributed by atoms with van der Waals surface area (Å²) in [6.45, 7) is 1.84. The second kappa shape index (κ2) is 4.78. The van der Waals surface area contributed by atoms with Gasteiger partial charge in [0.15, 0.2) is 0 Å². The highest BCUT2D eigenvalue weighted by Crippen LogP contribution is 2.19. The summed E-state index contributed by atoms with van der Waals surface area (Å²) in [5.74, 6) is 0.740. The number of nitrogens with zero attached hydrogens (tertiary/aromatic N) is 2. The molecule has 2 aromatic rings. The SMILES string of the molecule is CNc1nccc(Nc2ccc(C)cc2F)n1. The molecule has 2 rings (SSSR count). The molecule has 0 atom stereocenters. The van der Waals surface area contributed by atoms with Gasteiger partial charge in [-0.15, -0.1) is 0 Å². The van der Waals surface area contributed by atoms with Crippen molar-refractivity contribution in [2.45, 2.75) is 6.92 Å². The summed E-state index contributed by atoms with van der Waals surface area (Å²) in [4.78, 5) is 8.13. The minimum Gasteiger partial charge on any atom is -0.357 e. The number of aromatic nitrogens is 2. The molecule has 1 aromatic carbocycles. The van der Waals surface area contributed by atoms with Crippen molar-refractivity contribution >= 4 is 17.5 Å². The smallest absolute Gasteiger partial charge is 0.224 e. The van der Waals surface area contributed by atoms with E-state index in [-0.39, 0.29) is 5.82 Å². The minimum absolute atomic E-state index is 0.297. The number of hydrogen-bond acceptors (Lipinski definition) is 4. The van der Waals surface area contributed by atoms with E-state index in [2.05, 4.69) is 20.6 Å². The van der Waals surface area contributed by atoms with Crippen molar-refractivity contribution in [3.63, 3.8) is 0 Å². The summed E-state index contributed by atoms with van der Waals surface area (Å²) in [6.07, 6.45) is 1.60. The Balaban J connectivity index is 2.25. The van der Waals surface area contributed by atoms with E-state index in [0.717, 1.165) is 5.56 Å². The molecule has 88 valence electrons. The van der Waals surface area contributed by atoms with E-state index in [1.54, 1.807) is 25.4 Å². The van der Waals surface area contributed by atoms with Gasteiger partial charge in [-0.2, -0.15) is 4.98 Å². The van der Waals surface area contributed by atoms with Crippen LogP contribution in [0.3, 0.4) is 0 Å². The largest absolute Gasteiger partial charge is 0.357 e. The monoisotopic (exact) mass is 232 g/mol. The third-order valence-corrected chi connectivity index (χ3v) is 2.27. The molecular formula is C12H13FN4. The standard InChI is InChI=1S/C12H13FN4/c1-8-3-4-10(9(13)7-8)16-11-5-6-15-12(14-2)17-11/h3-7H,1-2H3,(H2,14,15,16,17). The highest BCUT2D eigenvalue weighted by molar-refractivity contribution is 5.57. The van der Waals surface area contributed by atoms with Crippen molar-refractivity contribution in [1.29, 1.82) is 0 Å². The zero-order valence-electron chi connectivity index (χ0n) is 9.66. The van der Waals surface area contributed by atoms with Crippen molar-refractivity contribution in [2.75, 3.05) is 17.7 Å². The Morgan fingerprint density at radius 1 is 1.24 bits per heavy atom. The van der Waals surface area contributed by atoms with Gasteiger partial charge in [0.2, 0.25) is 5.95 Å². The van der Waals surface area contributed by atoms with Crippen molar-refractivity contribution in [3.05, 3.63) is 41.8 Å². The molecule has 4 nitrogen and oxygen atoms in total. The molecule has 0 bridgehead atoms. The van der Waals surface area contributed by atoms with Crippen LogP contribution in [0.1, 0.15) is 5.56 Å². The van der Waals surface area contributed by atoms with Gasteiger partial charge in [-0.1, -0.05) is 6.07 Å². The molecule has 5 heteroatoms. The molecule has 2 N–H and O–H groups in total. The third-order valence-electron chi connectivity index (χ3n) is 2.27. The molecule has 0 spiro atoms. The van der Waals surface area contributed by atoms with Gasteiger partial charge in [0, 0.05) is 13.2 Å². The van der Waals surface area contributed by atoms with Gasteiger partial charge in [-0.25, -0.2) is 9.37 Å². The van der Waals surface area contributed by atoms with Crippen LogP contribution >= 0.6 is 0 Å². The van der Waals surface area contributed by atoms with Crippen molar-refractivity contribution in [1.82, 2.24) is 9.97 Å². The maximum atomic E-state index is 13.6. The van der Waals surface area contributed by atoms with Gasteiger partial charge in [-0.3, -0.25) is 0 Å². The predicted molar refractivity (Wildman–Crippen MR) is 66.0 cm³/mol. The van der Waals surface area contributed by atoms with Crippen LogP contribution in [0.15, 0.2) is 30.5 Å². The summed E-state index contributed by atoms with van der Waals surface area (Å²) in [5, 5.41) is 5.73. The van der Waals surface area contributed by atoms with Gasteiger partial charge < -0.3 is 10.6 Å². The molecular weight excluding hydrogens is 219 g/mol. The van der Waals surface area contributed by atoms with Gasteiger partial charge in [0.1, 0.15) is 11.6 Å². The molecule has 0 aliphatic carbocycles. The van der Waals surface area contributed by atoms with Crippen LogP contribution in [0, 0.1) is 12.7 Å². The average Bonchev–Trinajstić information content (AvgIpc) is 2.33. The highest BCUT2D eigenvalue weighted by Gasteiger charge is 2.03. The summed E-state index contributed by atoms with van der Waals surface area (Å²) >= 11 is 0. The molecule has 0 aliphatic rings. The van der Waals surface area contributed by atoms with Crippen LogP contribution in [0.25, 0.3) is 0 Å². The molecule has 1 aromatic heterocycles. The quantitative estimate of drug-likeness (QED) is 0.854. The zero-order chi connectivity index (χ0) is 12.3. The molecule has 17 heavy (non-hydrogen) atoms. The summed E-state index contributed by atoms with van der Waals surface area (Å²) in [7, 11) is 1.73. The van der Waals surface area contributed by atoms with E-state index in [0.29, 0.717) is 17.5 Å². The van der Waals surface area contributed by atoms with E-state index in [1.807, 2.05) is 13.0 Å². The fourth-order valence-electron chi connectivity index (χ4n) is 1.41. The van der Waals surface area contributed by atoms with Crippen LogP contribution in [0.5, 0.6) is 0 Å². The molecule has 0 amide bonds. The zero-order valence-corrected chi connectivity index (χ0v) is 9.66. The van der Waals surface area contributed by atoms with Crippen LogP contribution in [0.4, 0.5) is 21.8 Å². The predicted octanol–water partition coefficient (Wildman–Crippen LogP) is 2.71. The first-order valence-corrected chi connectivity index (χ1v) is 5.23. The lowest BCUT2D eigenvalue weighted by Gasteiger charge is -2.08. The van der Waals surface area contributed by atoms with Gasteiger partial charge in [-0.05, 0) is 30.7 Å². The van der Waals surface area contributed by atoms with Gasteiger partial charge >= 0.3 is 0 Å². The van der Waals surface area contributed by atoms with Crippen molar-refractivity contribution in [3.8, 4) is 0 Å². The van der Waals surface area contributed by atoms with Crippen LogP contribution in [0.2, 0.25) is 0 Å². The van der Waals surface area contributed by atoms with Crippen LogP contribution in [-0.4, -0.2) is 17.0 Å². The Morgan fingerprint density at radius 3 is 2.76 bits per heavy atom. The van der Waals surface area contributed by atoms with E-state index >= 15 is 0 Å².